The molecule has 0 spiro atoms. The average molecular weight is 860 g/mol. The van der Waals surface area contributed by atoms with Gasteiger partial charge in [-0.1, -0.05) is 52.9 Å². The standard InChI is InChI=1S/C12H20O4.2C8H17.2C6H8O4.Sn/c1-2-3-4-5-6-7-8-10(12(15)16)9-11(13)14;2*1-3-5-7-8-6-4-2;2*1-2-4(6(9)10)3-5(7)8;/h9H,2-8H2,1H3,(H,13,14)(H,15,16);2*1,3-8H2,2H3;2*3H,2H2,1H3,(H,7,8)(H,9,10);/q;;;;;+2/p-2/b10-9-;;;2*4-3-;. The topological polar surface area (TPSA) is 229 Å². The zero-order valence-corrected chi connectivity index (χ0v) is 35.9. The van der Waals surface area contributed by atoms with Gasteiger partial charge in [-0.25, -0.2) is 19.2 Å². The van der Waals surface area contributed by atoms with E-state index in [0.717, 1.165) is 25.7 Å². The van der Waals surface area contributed by atoms with E-state index in [-0.39, 0.29) is 57.1 Å². The van der Waals surface area contributed by atoms with E-state index >= 15 is 0 Å². The number of carboxylic acid groups (broad SMARTS) is 6. The molecule has 12 nitrogen and oxygen atoms in total. The molecule has 0 aliphatic rings. The van der Waals surface area contributed by atoms with Crippen LogP contribution in [0.1, 0.15) is 169 Å². The molecule has 0 heterocycles. The van der Waals surface area contributed by atoms with Crippen molar-refractivity contribution < 1.29 is 59.4 Å². The molecule has 0 aromatic carbocycles. The molecular formula is C40H68O12Sn. The van der Waals surface area contributed by atoms with Crippen LogP contribution >= 0.6 is 0 Å². The van der Waals surface area contributed by atoms with Gasteiger partial charge in [0.05, 0.1) is 11.9 Å². The van der Waals surface area contributed by atoms with Crippen LogP contribution in [0.3, 0.4) is 0 Å². The molecule has 304 valence electrons. The van der Waals surface area contributed by atoms with Crippen molar-refractivity contribution >= 4 is 57.0 Å². The van der Waals surface area contributed by atoms with Crippen LogP contribution in [-0.2, 0) is 28.8 Å². The summed E-state index contributed by atoms with van der Waals surface area (Å²) in [6, 6.07) is 0. The first-order valence-electron chi connectivity index (χ1n) is 19.3. The van der Waals surface area contributed by atoms with Gasteiger partial charge in [0.15, 0.2) is 0 Å². The number of rotatable bonds is 29. The second kappa shape index (κ2) is 43.2. The van der Waals surface area contributed by atoms with Gasteiger partial charge in [0.2, 0.25) is 0 Å². The average Bonchev–Trinajstić information content (AvgIpc) is 3.09. The molecule has 0 atom stereocenters. The van der Waals surface area contributed by atoms with Crippen molar-refractivity contribution in [3.8, 4) is 0 Å². The fourth-order valence-corrected chi connectivity index (χ4v) is 8.15. The summed E-state index contributed by atoms with van der Waals surface area (Å²) in [6.07, 6.45) is 26.7. The summed E-state index contributed by atoms with van der Waals surface area (Å²) in [5, 5.41) is 53.6. The molecule has 0 aromatic rings. The van der Waals surface area contributed by atoms with Gasteiger partial charge in [-0.2, -0.15) is 0 Å². The van der Waals surface area contributed by atoms with Crippen LogP contribution in [0.4, 0.5) is 0 Å². The first-order chi connectivity index (χ1) is 25.1. The van der Waals surface area contributed by atoms with Crippen LogP contribution in [0.5, 0.6) is 0 Å². The number of hydrogen-bond donors (Lipinski definition) is 4. The third kappa shape index (κ3) is 48.8. The van der Waals surface area contributed by atoms with Crippen LogP contribution in [0.2, 0.25) is 8.87 Å². The van der Waals surface area contributed by atoms with Gasteiger partial charge in [-0.3, -0.25) is 0 Å². The fourth-order valence-electron chi connectivity index (χ4n) is 4.59. The number of carbonyl (C=O) groups excluding carboxylic acids is 2. The Kier molecular flexibility index (Phi) is 46.2. The molecule has 0 amide bonds. The molecule has 0 aliphatic heterocycles. The molecule has 0 aromatic heterocycles. The van der Waals surface area contributed by atoms with E-state index in [2.05, 4.69) is 20.8 Å². The Hall–Kier alpha value is -3.16. The Bertz CT molecular complexity index is 1020. The van der Waals surface area contributed by atoms with Crippen molar-refractivity contribution in [2.75, 3.05) is 0 Å². The third-order valence-corrected chi connectivity index (χ3v) is 11.7. The van der Waals surface area contributed by atoms with E-state index in [1.54, 1.807) is 35.6 Å². The summed E-state index contributed by atoms with van der Waals surface area (Å²) in [4.78, 5) is 60.9. The molecule has 0 unspecified atom stereocenters. The minimum atomic E-state index is -1.48. The molecule has 4 N–H and O–H groups in total. The summed E-state index contributed by atoms with van der Waals surface area (Å²) in [5.41, 5.74) is -0.365. The molecule has 0 saturated heterocycles. The molecule has 0 bridgehead atoms. The predicted molar refractivity (Wildman–Crippen MR) is 206 cm³/mol. The molecule has 0 fully saturated rings. The normalized spacial score (nSPS) is 11.0. The van der Waals surface area contributed by atoms with E-state index < -0.39 is 35.8 Å². The summed E-state index contributed by atoms with van der Waals surface area (Å²) in [6.45, 7) is 9.90. The van der Waals surface area contributed by atoms with Gasteiger partial charge in [0.1, 0.15) is 0 Å². The van der Waals surface area contributed by atoms with Gasteiger partial charge in [-0.05, 0) is 37.3 Å². The zero-order valence-electron chi connectivity index (χ0n) is 33.1. The molecule has 0 aliphatic carbocycles. The first kappa shape index (κ1) is 56.6. The van der Waals surface area contributed by atoms with E-state index in [9.17, 15) is 39.0 Å². The summed E-state index contributed by atoms with van der Waals surface area (Å²) in [5.74, 6) is -7.70. The number of aliphatic carboxylic acids is 6. The Morgan fingerprint density at radius 2 is 0.774 bits per heavy atom. The van der Waals surface area contributed by atoms with Crippen LogP contribution in [0.15, 0.2) is 34.9 Å². The number of carbonyl (C=O) groups is 6. The molecule has 0 saturated carbocycles. The van der Waals surface area contributed by atoms with Gasteiger partial charge in [-0.15, -0.1) is 0 Å². The SMILES string of the molecule is CC/C(=C/C(=O)O)C(=O)O.CC/C(=C/C(=O)O)C(=O)O.CCCCCCCC/C(=C/C(=O)[O-])C(=O)[O-].CCCCCCC[CH2][Sn+2][CH2]CCCCCCC. The van der Waals surface area contributed by atoms with Crippen molar-refractivity contribution in [3.63, 3.8) is 0 Å². The maximum atomic E-state index is 10.5. The monoisotopic (exact) mass is 860 g/mol. The molecule has 53 heavy (non-hydrogen) atoms. The Balaban J connectivity index is -0.000000311. The summed E-state index contributed by atoms with van der Waals surface area (Å²) < 4.78 is 3.31. The summed E-state index contributed by atoms with van der Waals surface area (Å²) >= 11 is 0.0736. The van der Waals surface area contributed by atoms with E-state index in [1.807, 2.05) is 0 Å². The molecule has 0 radical (unpaired) electrons. The number of unbranched alkanes of at least 4 members (excludes halogenated alkanes) is 15. The van der Waals surface area contributed by atoms with Crippen molar-refractivity contribution in [1.29, 1.82) is 0 Å². The van der Waals surface area contributed by atoms with E-state index in [4.69, 9.17) is 20.4 Å². The second-order valence-electron chi connectivity index (χ2n) is 12.4. The van der Waals surface area contributed by atoms with Gasteiger partial charge < -0.3 is 40.2 Å². The van der Waals surface area contributed by atoms with Crippen molar-refractivity contribution in [2.24, 2.45) is 0 Å². The fraction of sp³-hybridized carbons (Fsp3) is 0.700. The van der Waals surface area contributed by atoms with Gasteiger partial charge in [0.25, 0.3) is 0 Å². The zero-order chi connectivity index (χ0) is 41.3. The predicted octanol–water partition coefficient (Wildman–Crippen LogP) is 7.40. The van der Waals surface area contributed by atoms with Crippen molar-refractivity contribution in [1.82, 2.24) is 0 Å². The van der Waals surface area contributed by atoms with E-state index in [0.29, 0.717) is 24.6 Å². The van der Waals surface area contributed by atoms with Gasteiger partial charge in [0, 0.05) is 23.3 Å². The van der Waals surface area contributed by atoms with Gasteiger partial charge >= 0.3 is 145 Å². The van der Waals surface area contributed by atoms with Crippen molar-refractivity contribution in [3.05, 3.63) is 34.9 Å². The maximum absolute atomic E-state index is 10.5. The van der Waals surface area contributed by atoms with Crippen molar-refractivity contribution in [2.45, 2.75) is 178 Å². The van der Waals surface area contributed by atoms with Crippen LogP contribution in [0.25, 0.3) is 0 Å². The number of carboxylic acids is 6. The second-order valence-corrected chi connectivity index (χ2v) is 16.7. The van der Waals surface area contributed by atoms with Crippen LogP contribution in [-0.4, -0.2) is 77.4 Å². The third-order valence-electron chi connectivity index (χ3n) is 7.67. The summed E-state index contributed by atoms with van der Waals surface area (Å²) in [7, 11) is 0. The Morgan fingerprint density at radius 1 is 0.453 bits per heavy atom. The van der Waals surface area contributed by atoms with Crippen LogP contribution in [0, 0.1) is 0 Å². The van der Waals surface area contributed by atoms with Crippen LogP contribution < -0.4 is 10.2 Å². The molecule has 13 heteroatoms. The number of hydrogen-bond acceptors (Lipinski definition) is 8. The minimum absolute atomic E-state index is 0.0736. The molecule has 0 rings (SSSR count). The quantitative estimate of drug-likeness (QED) is 0.0328. The Labute approximate surface area is 328 Å². The van der Waals surface area contributed by atoms with E-state index in [1.165, 1.54) is 70.6 Å². The molecular weight excluding hydrogens is 791 g/mol. The Morgan fingerprint density at radius 3 is 1.02 bits per heavy atom. The first-order valence-corrected chi connectivity index (χ1v) is 23.3.